The lowest BCUT2D eigenvalue weighted by atomic mass is 9.72. The van der Waals surface area contributed by atoms with Crippen LogP contribution in [0.2, 0.25) is 0 Å². The summed E-state index contributed by atoms with van der Waals surface area (Å²) in [6, 6.07) is 34.9. The van der Waals surface area contributed by atoms with Crippen LogP contribution in [0.5, 0.6) is 5.75 Å². The summed E-state index contributed by atoms with van der Waals surface area (Å²) in [6.45, 7) is 9.16. The Balaban J connectivity index is 1.22. The number of nitrogens with zero attached hydrogens (tertiary/aromatic N) is 3. The molecule has 1 saturated carbocycles. The van der Waals surface area contributed by atoms with Crippen molar-refractivity contribution in [2.45, 2.75) is 64.0 Å². The largest absolute Gasteiger partial charge is 0.489 e. The van der Waals surface area contributed by atoms with Crippen LogP contribution in [-0.4, -0.2) is 24.5 Å². The third-order valence-corrected chi connectivity index (χ3v) is 10.7. The summed E-state index contributed by atoms with van der Waals surface area (Å²) in [4.78, 5) is 15.3. The fraction of sp³-hybridized carbons (Fsp3) is 0.279. The van der Waals surface area contributed by atoms with Crippen molar-refractivity contribution in [3.8, 4) is 5.75 Å². The number of amidine groups is 2. The Morgan fingerprint density at radius 3 is 2.43 bits per heavy atom. The molecule has 4 atom stereocenters. The van der Waals surface area contributed by atoms with Crippen molar-refractivity contribution in [1.82, 2.24) is 0 Å². The topological polar surface area (TPSA) is 46.3 Å². The Morgan fingerprint density at radius 1 is 0.851 bits per heavy atom. The lowest BCUT2D eigenvalue weighted by Gasteiger charge is -2.31. The van der Waals surface area contributed by atoms with Gasteiger partial charge in [-0.2, -0.15) is 0 Å². The number of hydrogen-bond acceptors (Lipinski definition) is 2. The molecule has 1 aliphatic heterocycles. The molecular weight excluding hydrogens is 574 g/mol. The molecule has 0 bridgehead atoms. The summed E-state index contributed by atoms with van der Waals surface area (Å²) < 4.78 is 6.74. The Bertz CT molecular complexity index is 2210. The average molecular weight is 616 g/mol. The second kappa shape index (κ2) is 12.1. The minimum atomic E-state index is -0.141. The number of benzene rings is 5. The lowest BCUT2D eigenvalue weighted by Crippen LogP contribution is -2.36. The molecule has 3 unspecified atom stereocenters. The number of aliphatic imine (C=N–C) groups is 3. The summed E-state index contributed by atoms with van der Waals surface area (Å²) in [5.41, 5.74) is 3.65. The highest BCUT2D eigenvalue weighted by molar-refractivity contribution is 6.03. The number of hydrogen-bond donors (Lipinski definition) is 0. The molecule has 47 heavy (non-hydrogen) atoms. The molecule has 4 nitrogen and oxygen atoms in total. The van der Waals surface area contributed by atoms with E-state index in [0.29, 0.717) is 6.54 Å². The molecule has 2 aliphatic carbocycles. The molecule has 234 valence electrons. The second-order valence-corrected chi connectivity index (χ2v) is 13.8. The Labute approximate surface area is 277 Å². The summed E-state index contributed by atoms with van der Waals surface area (Å²) in [7, 11) is 0. The highest BCUT2D eigenvalue weighted by Crippen LogP contribution is 2.52. The van der Waals surface area contributed by atoms with E-state index >= 15 is 0 Å². The smallest absolute Gasteiger partial charge is 0.136 e. The molecule has 0 spiro atoms. The zero-order valence-electron chi connectivity index (χ0n) is 27.3. The van der Waals surface area contributed by atoms with Gasteiger partial charge >= 0.3 is 0 Å². The molecule has 1 heterocycles. The van der Waals surface area contributed by atoms with E-state index in [2.05, 4.69) is 135 Å². The first-order chi connectivity index (χ1) is 23.0. The third kappa shape index (κ3) is 5.50. The fourth-order valence-electron chi connectivity index (χ4n) is 8.25. The first-order valence-electron chi connectivity index (χ1n) is 17.0. The van der Waals surface area contributed by atoms with Crippen LogP contribution < -0.4 is 15.2 Å². The summed E-state index contributed by atoms with van der Waals surface area (Å²) in [5, 5.41) is 7.47. The Hall–Kier alpha value is -4.83. The van der Waals surface area contributed by atoms with E-state index in [1.165, 1.54) is 48.7 Å². The normalized spacial score (nSPS) is 23.9. The molecule has 5 aromatic carbocycles. The van der Waals surface area contributed by atoms with Crippen molar-refractivity contribution in [1.29, 1.82) is 0 Å². The van der Waals surface area contributed by atoms with Gasteiger partial charge in [0, 0.05) is 22.8 Å². The van der Waals surface area contributed by atoms with Crippen LogP contribution >= 0.6 is 0 Å². The van der Waals surface area contributed by atoms with Crippen LogP contribution in [-0.2, 0) is 12.0 Å². The first-order valence-corrected chi connectivity index (χ1v) is 17.0. The van der Waals surface area contributed by atoms with E-state index in [1.807, 2.05) is 0 Å². The highest BCUT2D eigenvalue weighted by atomic mass is 16.5. The monoisotopic (exact) mass is 615 g/mol. The molecule has 3 aliphatic rings. The SMILES string of the molecule is C=NC(=NC(=NCc1cc(C)cc2ccccc12)[C@@H]1CCCC2Oc3cc4ccccc4cc3C2(C)C1)C1C=c2ccccc2=CC1. The van der Waals surface area contributed by atoms with Crippen LogP contribution in [0.1, 0.15) is 55.7 Å². The summed E-state index contributed by atoms with van der Waals surface area (Å²) in [5.74, 6) is 2.90. The van der Waals surface area contributed by atoms with Gasteiger partial charge in [-0.25, -0.2) is 9.98 Å². The van der Waals surface area contributed by atoms with Gasteiger partial charge in [-0.1, -0.05) is 110 Å². The van der Waals surface area contributed by atoms with E-state index in [0.717, 1.165) is 49.5 Å². The van der Waals surface area contributed by atoms with Crippen molar-refractivity contribution >= 4 is 52.1 Å². The van der Waals surface area contributed by atoms with Gasteiger partial charge in [0.1, 0.15) is 23.5 Å². The van der Waals surface area contributed by atoms with Crippen LogP contribution in [0, 0.1) is 18.8 Å². The number of aryl methyl sites for hydroxylation is 1. The molecule has 5 aromatic rings. The molecule has 4 heteroatoms. The standard InChI is InChI=1S/C43H41N3O/c1-28-21-33-15-8-9-17-37(33)36(22-28)27-45-42(46-41(44-3)34-20-19-29-11-4-5-12-30(29)23-34)35-16-10-18-40-43(2,26-35)38-24-31-13-6-7-14-32(31)25-39(38)47-40/h4-9,11-15,17,19,21-25,34-35,40H,3,10,16,18,20,26-27H2,1-2H3/t34?,35-,40?,43?/m1/s1. The highest BCUT2D eigenvalue weighted by Gasteiger charge is 2.48. The van der Waals surface area contributed by atoms with Crippen LogP contribution in [0.25, 0.3) is 33.7 Å². The predicted molar refractivity (Wildman–Crippen MR) is 197 cm³/mol. The van der Waals surface area contributed by atoms with Gasteiger partial charge in [-0.05, 0) is 95.4 Å². The first kappa shape index (κ1) is 29.6. The number of rotatable bonds is 4. The van der Waals surface area contributed by atoms with Gasteiger partial charge in [0.05, 0.1) is 6.54 Å². The maximum atomic E-state index is 6.74. The maximum Gasteiger partial charge on any atom is 0.136 e. The average Bonchev–Trinajstić information content (AvgIpc) is 3.24. The minimum absolute atomic E-state index is 0.0587. The molecule has 0 aromatic heterocycles. The zero-order chi connectivity index (χ0) is 32.0. The van der Waals surface area contributed by atoms with E-state index in [-0.39, 0.29) is 23.4 Å². The second-order valence-electron chi connectivity index (χ2n) is 13.8. The molecule has 0 N–H and O–H groups in total. The van der Waals surface area contributed by atoms with Crippen LogP contribution in [0.3, 0.4) is 0 Å². The Morgan fingerprint density at radius 2 is 1.60 bits per heavy atom. The van der Waals surface area contributed by atoms with E-state index < -0.39 is 0 Å². The van der Waals surface area contributed by atoms with Gasteiger partial charge in [0.15, 0.2) is 0 Å². The fourth-order valence-corrected chi connectivity index (χ4v) is 8.25. The van der Waals surface area contributed by atoms with Crippen molar-refractivity contribution in [2.75, 3.05) is 0 Å². The molecular formula is C43H41N3O. The lowest BCUT2D eigenvalue weighted by molar-refractivity contribution is 0.145. The predicted octanol–water partition coefficient (Wildman–Crippen LogP) is 8.49. The van der Waals surface area contributed by atoms with Gasteiger partial charge in [0.25, 0.3) is 0 Å². The van der Waals surface area contributed by atoms with E-state index in [1.54, 1.807) is 0 Å². The van der Waals surface area contributed by atoms with Gasteiger partial charge in [-0.3, -0.25) is 4.99 Å². The summed E-state index contributed by atoms with van der Waals surface area (Å²) in [6.07, 6.45) is 9.61. The summed E-state index contributed by atoms with van der Waals surface area (Å²) >= 11 is 0. The molecule has 0 amide bonds. The van der Waals surface area contributed by atoms with E-state index in [9.17, 15) is 0 Å². The van der Waals surface area contributed by atoms with Crippen LogP contribution in [0.15, 0.2) is 112 Å². The quantitative estimate of drug-likeness (QED) is 0.148. The van der Waals surface area contributed by atoms with E-state index in [4.69, 9.17) is 14.7 Å². The molecule has 0 radical (unpaired) electrons. The number of fused-ring (bicyclic) bond motifs is 6. The maximum absolute atomic E-state index is 6.74. The Kier molecular flexibility index (Phi) is 7.60. The third-order valence-electron chi connectivity index (χ3n) is 10.7. The van der Waals surface area contributed by atoms with Crippen LogP contribution in [0.4, 0.5) is 0 Å². The number of ether oxygens (including phenoxy) is 1. The minimum Gasteiger partial charge on any atom is -0.489 e. The molecule has 8 rings (SSSR count). The van der Waals surface area contributed by atoms with Crippen molar-refractivity contribution in [3.05, 3.63) is 124 Å². The van der Waals surface area contributed by atoms with Crippen molar-refractivity contribution in [2.24, 2.45) is 26.8 Å². The van der Waals surface area contributed by atoms with Crippen molar-refractivity contribution < 1.29 is 4.74 Å². The molecule has 0 saturated heterocycles. The van der Waals surface area contributed by atoms with Gasteiger partial charge in [0.2, 0.25) is 0 Å². The van der Waals surface area contributed by atoms with Gasteiger partial charge < -0.3 is 4.74 Å². The molecule has 1 fully saturated rings. The van der Waals surface area contributed by atoms with Gasteiger partial charge in [-0.15, -0.1) is 0 Å². The zero-order valence-corrected chi connectivity index (χ0v) is 27.3. The van der Waals surface area contributed by atoms with Crippen molar-refractivity contribution in [3.63, 3.8) is 0 Å².